The third kappa shape index (κ3) is 3.73. The van der Waals surface area contributed by atoms with Gasteiger partial charge in [-0.25, -0.2) is 9.78 Å². The second-order valence-corrected chi connectivity index (χ2v) is 5.89. The lowest BCUT2D eigenvalue weighted by Gasteiger charge is -2.21. The van der Waals surface area contributed by atoms with Gasteiger partial charge in [0, 0.05) is 6.20 Å². The number of thioether (sulfide) groups is 1. The minimum atomic E-state index is -0.886. The molecule has 0 aliphatic heterocycles. The number of nitrogens with zero attached hydrogens (tertiary/aromatic N) is 1. The van der Waals surface area contributed by atoms with Gasteiger partial charge in [-0.05, 0) is 30.2 Å². The Morgan fingerprint density at radius 3 is 2.89 bits per heavy atom. The second-order valence-electron chi connectivity index (χ2n) is 4.80. The Balaban J connectivity index is 1.84. The van der Waals surface area contributed by atoms with Crippen LogP contribution >= 0.6 is 11.8 Å². The maximum absolute atomic E-state index is 11.0. The highest BCUT2D eigenvalue weighted by Gasteiger charge is 2.15. The Morgan fingerprint density at radius 1 is 1.39 bits per heavy atom. The molecule has 1 aliphatic carbocycles. The monoisotopic (exact) mass is 265 g/mol. The summed E-state index contributed by atoms with van der Waals surface area (Å²) in [7, 11) is 0. The van der Waals surface area contributed by atoms with Crippen LogP contribution in [-0.4, -0.2) is 21.8 Å². The van der Waals surface area contributed by atoms with Crippen molar-refractivity contribution in [2.45, 2.75) is 43.6 Å². The van der Waals surface area contributed by atoms with Gasteiger partial charge in [0.05, 0.1) is 5.56 Å². The lowest BCUT2D eigenvalue weighted by molar-refractivity contribution is 0.0692. The van der Waals surface area contributed by atoms with Crippen molar-refractivity contribution in [2.75, 3.05) is 5.75 Å². The van der Waals surface area contributed by atoms with E-state index >= 15 is 0 Å². The number of carboxylic acid groups (broad SMARTS) is 1. The van der Waals surface area contributed by atoms with Crippen molar-refractivity contribution in [2.24, 2.45) is 5.92 Å². The minimum absolute atomic E-state index is 0.325. The van der Waals surface area contributed by atoms with Crippen molar-refractivity contribution < 1.29 is 9.90 Å². The smallest absolute Gasteiger partial charge is 0.338 e. The molecule has 1 aliphatic rings. The van der Waals surface area contributed by atoms with Gasteiger partial charge in [0.2, 0.25) is 0 Å². The van der Waals surface area contributed by atoms with Crippen LogP contribution in [0, 0.1) is 5.92 Å². The zero-order valence-electron chi connectivity index (χ0n) is 10.5. The van der Waals surface area contributed by atoms with Gasteiger partial charge in [-0.1, -0.05) is 32.1 Å². The molecule has 2 rings (SSSR count). The van der Waals surface area contributed by atoms with E-state index in [2.05, 4.69) is 4.98 Å². The quantitative estimate of drug-likeness (QED) is 0.822. The minimum Gasteiger partial charge on any atom is -0.478 e. The summed E-state index contributed by atoms with van der Waals surface area (Å²) in [5.41, 5.74) is 0.325. The van der Waals surface area contributed by atoms with Crippen molar-refractivity contribution in [1.82, 2.24) is 4.98 Å². The summed E-state index contributed by atoms with van der Waals surface area (Å²) in [6, 6.07) is 3.30. The van der Waals surface area contributed by atoms with Crippen LogP contribution in [0.1, 0.15) is 48.9 Å². The number of aromatic nitrogens is 1. The average molecular weight is 265 g/mol. The van der Waals surface area contributed by atoms with Crippen LogP contribution < -0.4 is 0 Å². The molecule has 1 aromatic rings. The molecule has 1 saturated carbocycles. The van der Waals surface area contributed by atoms with Gasteiger partial charge in [-0.15, -0.1) is 11.8 Å². The number of pyridine rings is 1. The van der Waals surface area contributed by atoms with E-state index < -0.39 is 5.97 Å². The lowest BCUT2D eigenvalue weighted by Crippen LogP contribution is -2.07. The summed E-state index contributed by atoms with van der Waals surface area (Å²) in [6.45, 7) is 0. The van der Waals surface area contributed by atoms with E-state index in [0.29, 0.717) is 10.6 Å². The van der Waals surface area contributed by atoms with Crippen LogP contribution in [-0.2, 0) is 0 Å². The number of carboxylic acids is 1. The SMILES string of the molecule is O=C(O)c1cccnc1SCCC1CCCCC1. The predicted octanol–water partition coefficient (Wildman–Crippen LogP) is 3.84. The molecular weight excluding hydrogens is 246 g/mol. The number of hydrogen-bond acceptors (Lipinski definition) is 3. The molecule has 0 aromatic carbocycles. The van der Waals surface area contributed by atoms with E-state index in [4.69, 9.17) is 5.11 Å². The zero-order chi connectivity index (χ0) is 12.8. The Hall–Kier alpha value is -1.03. The number of aromatic carboxylic acids is 1. The zero-order valence-corrected chi connectivity index (χ0v) is 11.3. The first-order valence-electron chi connectivity index (χ1n) is 6.58. The maximum atomic E-state index is 11.0. The van der Waals surface area contributed by atoms with Crippen molar-refractivity contribution in [1.29, 1.82) is 0 Å². The molecule has 0 amide bonds. The van der Waals surface area contributed by atoms with Crippen LogP contribution in [0.15, 0.2) is 23.4 Å². The molecule has 0 bridgehead atoms. The van der Waals surface area contributed by atoms with Crippen molar-refractivity contribution in [3.63, 3.8) is 0 Å². The van der Waals surface area contributed by atoms with Gasteiger partial charge >= 0.3 is 5.97 Å². The number of carbonyl (C=O) groups is 1. The second kappa shape index (κ2) is 6.78. The summed E-state index contributed by atoms with van der Waals surface area (Å²) in [5, 5.41) is 9.71. The molecule has 3 nitrogen and oxygen atoms in total. The summed E-state index contributed by atoms with van der Waals surface area (Å²) in [5.74, 6) is 0.925. The molecule has 0 saturated heterocycles. The first-order valence-corrected chi connectivity index (χ1v) is 7.57. The van der Waals surface area contributed by atoms with Crippen LogP contribution in [0.3, 0.4) is 0 Å². The Labute approximate surface area is 112 Å². The molecule has 0 spiro atoms. The van der Waals surface area contributed by atoms with Crippen LogP contribution in [0.2, 0.25) is 0 Å². The van der Waals surface area contributed by atoms with Gasteiger partial charge in [0.15, 0.2) is 0 Å². The van der Waals surface area contributed by atoms with E-state index in [-0.39, 0.29) is 0 Å². The normalized spacial score (nSPS) is 16.7. The fourth-order valence-corrected chi connectivity index (χ4v) is 3.56. The number of hydrogen-bond donors (Lipinski definition) is 1. The van der Waals surface area contributed by atoms with E-state index in [9.17, 15) is 4.79 Å². The van der Waals surface area contributed by atoms with E-state index in [1.807, 2.05) is 0 Å². The molecule has 1 heterocycles. The van der Waals surface area contributed by atoms with Crippen LogP contribution in [0.4, 0.5) is 0 Å². The fourth-order valence-electron chi connectivity index (χ4n) is 2.47. The van der Waals surface area contributed by atoms with Gasteiger partial charge in [0.25, 0.3) is 0 Å². The Bertz CT molecular complexity index is 403. The highest BCUT2D eigenvalue weighted by atomic mass is 32.2. The van der Waals surface area contributed by atoms with Gasteiger partial charge in [0.1, 0.15) is 5.03 Å². The van der Waals surface area contributed by atoms with Gasteiger partial charge in [-0.2, -0.15) is 0 Å². The molecule has 18 heavy (non-hydrogen) atoms. The molecule has 98 valence electrons. The first kappa shape index (κ1) is 13.4. The maximum Gasteiger partial charge on any atom is 0.338 e. The van der Waals surface area contributed by atoms with Gasteiger partial charge < -0.3 is 5.11 Å². The molecule has 0 radical (unpaired) electrons. The fraction of sp³-hybridized carbons (Fsp3) is 0.571. The lowest BCUT2D eigenvalue weighted by atomic mass is 9.88. The molecule has 0 unspecified atom stereocenters. The summed E-state index contributed by atoms with van der Waals surface area (Å²) >= 11 is 1.58. The standard InChI is InChI=1S/C14H19NO2S/c16-14(17)12-7-4-9-15-13(12)18-10-8-11-5-2-1-3-6-11/h4,7,9,11H,1-3,5-6,8,10H2,(H,16,17). The summed E-state index contributed by atoms with van der Waals surface area (Å²) < 4.78 is 0. The van der Waals surface area contributed by atoms with E-state index in [1.165, 1.54) is 38.5 Å². The third-order valence-electron chi connectivity index (χ3n) is 3.49. The predicted molar refractivity (Wildman–Crippen MR) is 73.1 cm³/mol. The average Bonchev–Trinajstić information content (AvgIpc) is 2.40. The first-order chi connectivity index (χ1) is 8.77. The van der Waals surface area contributed by atoms with Crippen LogP contribution in [0.5, 0.6) is 0 Å². The molecule has 1 N–H and O–H groups in total. The molecule has 0 atom stereocenters. The number of rotatable bonds is 5. The van der Waals surface area contributed by atoms with Gasteiger partial charge in [-0.3, -0.25) is 0 Å². The molecule has 1 aromatic heterocycles. The molecule has 4 heteroatoms. The molecule has 1 fully saturated rings. The van der Waals surface area contributed by atoms with Crippen molar-refractivity contribution in [3.8, 4) is 0 Å². The Morgan fingerprint density at radius 2 is 2.17 bits per heavy atom. The third-order valence-corrected chi connectivity index (χ3v) is 4.53. The van der Waals surface area contributed by atoms with Crippen molar-refractivity contribution in [3.05, 3.63) is 23.9 Å². The largest absolute Gasteiger partial charge is 0.478 e. The summed E-state index contributed by atoms with van der Waals surface area (Å²) in [4.78, 5) is 15.2. The highest BCUT2D eigenvalue weighted by Crippen LogP contribution is 2.29. The summed E-state index contributed by atoms with van der Waals surface area (Å²) in [6.07, 6.45) is 9.63. The van der Waals surface area contributed by atoms with Crippen LogP contribution in [0.25, 0.3) is 0 Å². The van der Waals surface area contributed by atoms with Crippen molar-refractivity contribution >= 4 is 17.7 Å². The Kier molecular flexibility index (Phi) is 5.05. The van der Waals surface area contributed by atoms with E-state index in [0.717, 1.165) is 11.7 Å². The van der Waals surface area contributed by atoms with E-state index in [1.54, 1.807) is 30.1 Å². The highest BCUT2D eigenvalue weighted by molar-refractivity contribution is 7.99. The topological polar surface area (TPSA) is 50.2 Å². The molecular formula is C14H19NO2S.